The summed E-state index contributed by atoms with van der Waals surface area (Å²) < 4.78 is 1.78. The number of benzene rings is 2. The fourth-order valence-corrected chi connectivity index (χ4v) is 4.24. The van der Waals surface area contributed by atoms with Crippen molar-refractivity contribution in [2.75, 3.05) is 6.54 Å². The topological polar surface area (TPSA) is 51.1 Å². The van der Waals surface area contributed by atoms with E-state index in [-0.39, 0.29) is 24.7 Å². The minimum Gasteiger partial charge on any atom is -0.313 e. The van der Waals surface area contributed by atoms with Gasteiger partial charge in [-0.25, -0.2) is 0 Å². The Bertz CT molecular complexity index is 1080. The molecule has 30 heavy (non-hydrogen) atoms. The first-order chi connectivity index (χ1) is 14.0. The van der Waals surface area contributed by atoms with E-state index in [1.807, 2.05) is 49.5 Å². The maximum absolute atomic E-state index is 13.0. The molecule has 4 rings (SSSR count). The van der Waals surface area contributed by atoms with Crippen molar-refractivity contribution in [2.45, 2.75) is 52.1 Å². The van der Waals surface area contributed by atoms with Crippen molar-refractivity contribution < 1.29 is 4.79 Å². The third-order valence-corrected chi connectivity index (χ3v) is 6.16. The van der Waals surface area contributed by atoms with Crippen molar-refractivity contribution in [1.82, 2.24) is 9.88 Å². The van der Waals surface area contributed by atoms with Crippen molar-refractivity contribution >= 4 is 28.2 Å². The van der Waals surface area contributed by atoms with Crippen LogP contribution in [0, 0.1) is 0 Å². The number of Topliss-reactive ketones (excluding diaryl/α,β-unsaturated/α-hetero) is 1. The van der Waals surface area contributed by atoms with Crippen LogP contribution in [0.3, 0.4) is 0 Å². The molecule has 5 heteroatoms. The van der Waals surface area contributed by atoms with Gasteiger partial charge in [0.2, 0.25) is 0 Å². The SMILES string of the molecule is C.CC(C(=O)Cc1cccc2c(=O)n(C[C@@H]3CCCN3)ccc12)c1ccc(Cl)cc1. The van der Waals surface area contributed by atoms with Crippen molar-refractivity contribution in [2.24, 2.45) is 0 Å². The zero-order valence-corrected chi connectivity index (χ0v) is 17.3. The summed E-state index contributed by atoms with van der Waals surface area (Å²) in [4.78, 5) is 25.9. The second kappa shape index (κ2) is 9.59. The maximum Gasteiger partial charge on any atom is 0.258 e. The summed E-state index contributed by atoms with van der Waals surface area (Å²) in [5.41, 5.74) is 1.86. The van der Waals surface area contributed by atoms with E-state index in [1.54, 1.807) is 16.7 Å². The molecule has 2 atom stereocenters. The maximum atomic E-state index is 13.0. The third kappa shape index (κ3) is 4.66. The zero-order valence-electron chi connectivity index (χ0n) is 16.5. The minimum atomic E-state index is -0.226. The molecule has 4 nitrogen and oxygen atoms in total. The van der Waals surface area contributed by atoms with Crippen LogP contribution in [0.2, 0.25) is 5.02 Å². The molecular weight excluding hydrogens is 396 g/mol. The Kier molecular flexibility index (Phi) is 7.11. The summed E-state index contributed by atoms with van der Waals surface area (Å²) in [5, 5.41) is 5.64. The molecule has 2 heterocycles. The van der Waals surface area contributed by atoms with Crippen molar-refractivity contribution in [3.63, 3.8) is 0 Å². The molecule has 1 aliphatic rings. The largest absolute Gasteiger partial charge is 0.313 e. The number of carbonyl (C=O) groups excluding carboxylic acids is 1. The van der Waals surface area contributed by atoms with E-state index in [2.05, 4.69) is 5.32 Å². The molecule has 0 amide bonds. The number of pyridine rings is 1. The van der Waals surface area contributed by atoms with Crippen molar-refractivity contribution in [3.8, 4) is 0 Å². The Morgan fingerprint density at radius 2 is 1.93 bits per heavy atom. The van der Waals surface area contributed by atoms with Crippen LogP contribution in [0.5, 0.6) is 0 Å². The van der Waals surface area contributed by atoms with Gasteiger partial charge in [-0.2, -0.15) is 0 Å². The van der Waals surface area contributed by atoms with E-state index in [0.717, 1.165) is 35.9 Å². The molecule has 0 bridgehead atoms. The molecule has 0 radical (unpaired) electrons. The number of aromatic nitrogens is 1. The number of halogens is 1. The summed E-state index contributed by atoms with van der Waals surface area (Å²) in [7, 11) is 0. The van der Waals surface area contributed by atoms with Crippen LogP contribution in [-0.4, -0.2) is 22.9 Å². The average molecular weight is 425 g/mol. The lowest BCUT2D eigenvalue weighted by molar-refractivity contribution is -0.119. The monoisotopic (exact) mass is 424 g/mol. The Morgan fingerprint density at radius 1 is 1.17 bits per heavy atom. The van der Waals surface area contributed by atoms with Crippen LogP contribution in [0.4, 0.5) is 0 Å². The Labute approximate surface area is 182 Å². The van der Waals surface area contributed by atoms with Crippen LogP contribution in [0.15, 0.2) is 59.5 Å². The van der Waals surface area contributed by atoms with Gasteiger partial charge in [-0.05, 0) is 60.2 Å². The summed E-state index contributed by atoms with van der Waals surface area (Å²) in [6, 6.07) is 15.4. The second-order valence-electron chi connectivity index (χ2n) is 7.86. The first kappa shape index (κ1) is 22.3. The Balaban J connectivity index is 0.00000256. The molecule has 1 fully saturated rings. The molecule has 1 unspecified atom stereocenters. The fourth-order valence-electron chi connectivity index (χ4n) is 4.11. The number of nitrogens with zero attached hydrogens (tertiary/aromatic N) is 1. The highest BCUT2D eigenvalue weighted by Gasteiger charge is 2.19. The molecule has 1 saturated heterocycles. The number of nitrogens with one attached hydrogen (secondary N) is 1. The van der Waals surface area contributed by atoms with E-state index < -0.39 is 0 Å². The van der Waals surface area contributed by atoms with Crippen molar-refractivity contribution in [1.29, 1.82) is 0 Å². The zero-order chi connectivity index (χ0) is 20.4. The van der Waals surface area contributed by atoms with Gasteiger partial charge in [0.1, 0.15) is 5.78 Å². The summed E-state index contributed by atoms with van der Waals surface area (Å²) in [6.07, 6.45) is 4.42. The lowest BCUT2D eigenvalue weighted by Crippen LogP contribution is -2.32. The Morgan fingerprint density at radius 3 is 2.63 bits per heavy atom. The number of hydrogen-bond donors (Lipinski definition) is 1. The van der Waals surface area contributed by atoms with E-state index in [0.29, 0.717) is 29.4 Å². The van der Waals surface area contributed by atoms with Gasteiger partial charge in [0, 0.05) is 41.5 Å². The van der Waals surface area contributed by atoms with Crippen LogP contribution >= 0.6 is 11.6 Å². The molecule has 0 saturated carbocycles. The minimum absolute atomic E-state index is 0. The Hall–Kier alpha value is -2.43. The highest BCUT2D eigenvalue weighted by molar-refractivity contribution is 6.30. The predicted molar refractivity (Wildman–Crippen MR) is 125 cm³/mol. The second-order valence-corrected chi connectivity index (χ2v) is 8.30. The van der Waals surface area contributed by atoms with E-state index >= 15 is 0 Å². The first-order valence-corrected chi connectivity index (χ1v) is 10.5. The number of carbonyl (C=O) groups is 1. The molecule has 1 aromatic heterocycles. The van der Waals surface area contributed by atoms with E-state index in [1.165, 1.54) is 0 Å². The van der Waals surface area contributed by atoms with Gasteiger partial charge >= 0.3 is 0 Å². The molecule has 1 aliphatic heterocycles. The summed E-state index contributed by atoms with van der Waals surface area (Å²) in [5.74, 6) is -0.101. The van der Waals surface area contributed by atoms with Gasteiger partial charge in [-0.1, -0.05) is 50.2 Å². The van der Waals surface area contributed by atoms with Crippen LogP contribution in [0.1, 0.15) is 44.2 Å². The summed E-state index contributed by atoms with van der Waals surface area (Å²) in [6.45, 7) is 3.62. The smallest absolute Gasteiger partial charge is 0.258 e. The van der Waals surface area contributed by atoms with Crippen LogP contribution in [-0.2, 0) is 17.8 Å². The molecule has 3 aromatic rings. The van der Waals surface area contributed by atoms with Gasteiger partial charge in [-0.3, -0.25) is 9.59 Å². The van der Waals surface area contributed by atoms with Gasteiger partial charge in [0.15, 0.2) is 0 Å². The van der Waals surface area contributed by atoms with Crippen molar-refractivity contribution in [3.05, 3.63) is 81.2 Å². The number of fused-ring (bicyclic) bond motifs is 1. The standard InChI is InChI=1S/C24H25ClN2O2.CH4/c1-16(17-7-9-19(25)10-8-17)23(28)14-18-4-2-6-22-21(18)11-13-27(24(22)29)15-20-5-3-12-26-20;/h2,4,6-11,13,16,20,26H,3,5,12,14-15H2,1H3;1H4/t16?,20-;/m0./s1. The highest BCUT2D eigenvalue weighted by atomic mass is 35.5. The van der Waals surface area contributed by atoms with Crippen LogP contribution < -0.4 is 10.9 Å². The third-order valence-electron chi connectivity index (χ3n) is 5.91. The first-order valence-electron chi connectivity index (χ1n) is 10.2. The van der Waals surface area contributed by atoms with Gasteiger partial charge in [0.05, 0.1) is 0 Å². The molecule has 1 N–H and O–H groups in total. The molecular formula is C25H29ClN2O2. The van der Waals surface area contributed by atoms with Gasteiger partial charge in [-0.15, -0.1) is 0 Å². The van der Waals surface area contributed by atoms with Crippen LogP contribution in [0.25, 0.3) is 10.8 Å². The lowest BCUT2D eigenvalue weighted by atomic mass is 9.91. The average Bonchev–Trinajstić information content (AvgIpc) is 3.24. The highest BCUT2D eigenvalue weighted by Crippen LogP contribution is 2.23. The molecule has 0 aliphatic carbocycles. The quantitative estimate of drug-likeness (QED) is 0.608. The molecule has 158 valence electrons. The van der Waals surface area contributed by atoms with E-state index in [4.69, 9.17) is 11.6 Å². The molecule has 0 spiro atoms. The van der Waals surface area contributed by atoms with Gasteiger partial charge in [0.25, 0.3) is 5.56 Å². The summed E-state index contributed by atoms with van der Waals surface area (Å²) >= 11 is 5.95. The predicted octanol–water partition coefficient (Wildman–Crippen LogP) is 4.96. The number of ketones is 1. The number of rotatable bonds is 6. The lowest BCUT2D eigenvalue weighted by Gasteiger charge is -2.15. The molecule has 2 aromatic carbocycles. The number of hydrogen-bond acceptors (Lipinski definition) is 3. The normalized spacial score (nSPS) is 16.9. The van der Waals surface area contributed by atoms with Gasteiger partial charge < -0.3 is 9.88 Å². The van der Waals surface area contributed by atoms with E-state index in [9.17, 15) is 9.59 Å². The fraction of sp³-hybridized carbons (Fsp3) is 0.360.